The zero-order valence-corrected chi connectivity index (χ0v) is 13.4. The van der Waals surface area contributed by atoms with Crippen LogP contribution < -0.4 is 4.74 Å². The number of aliphatic hydroxyl groups excluding tert-OH is 1. The highest BCUT2D eigenvalue weighted by atomic mass is 32.2. The molecule has 7 nitrogen and oxygen atoms in total. The number of aliphatic carboxylic acids is 1. The number of sulfonamides is 1. The predicted octanol–water partition coefficient (Wildman–Crippen LogP) is 0.707. The number of aliphatic hydroxyl groups is 1. The standard InChI is InChI=1S/C15H19NO6S/c1-22-12-5-7-13(8-6-12)23(20,21)16-9-3-2-4-11(10-17)14(16)15(18)19/h2-3,5-8,11,14,17H,4,9-10H2,1H3,(H,18,19). The lowest BCUT2D eigenvalue weighted by Crippen LogP contribution is -2.49. The average molecular weight is 341 g/mol. The summed E-state index contributed by atoms with van der Waals surface area (Å²) in [6.45, 7) is -0.461. The number of carboxylic acid groups (broad SMARTS) is 1. The van der Waals surface area contributed by atoms with Crippen LogP contribution in [0.1, 0.15) is 6.42 Å². The van der Waals surface area contributed by atoms with E-state index in [2.05, 4.69) is 0 Å². The first kappa shape index (κ1) is 17.5. The monoisotopic (exact) mass is 341 g/mol. The predicted molar refractivity (Wildman–Crippen MR) is 82.6 cm³/mol. The third kappa shape index (κ3) is 3.54. The first-order valence-electron chi connectivity index (χ1n) is 7.06. The van der Waals surface area contributed by atoms with Crippen LogP contribution in [0.5, 0.6) is 5.75 Å². The smallest absolute Gasteiger partial charge is 0.322 e. The lowest BCUT2D eigenvalue weighted by Gasteiger charge is -2.30. The van der Waals surface area contributed by atoms with E-state index >= 15 is 0 Å². The third-order valence-electron chi connectivity index (χ3n) is 3.80. The summed E-state index contributed by atoms with van der Waals surface area (Å²) in [5.41, 5.74) is 0. The van der Waals surface area contributed by atoms with E-state index in [1.54, 1.807) is 12.2 Å². The summed E-state index contributed by atoms with van der Waals surface area (Å²) in [5, 5.41) is 18.9. The Kier molecular flexibility index (Phi) is 5.40. The number of benzene rings is 1. The van der Waals surface area contributed by atoms with Crippen LogP contribution in [0.2, 0.25) is 0 Å². The molecule has 126 valence electrons. The number of carboxylic acids is 1. The van der Waals surface area contributed by atoms with Gasteiger partial charge in [-0.2, -0.15) is 4.31 Å². The summed E-state index contributed by atoms with van der Waals surface area (Å²) in [7, 11) is -2.55. The average Bonchev–Trinajstić information content (AvgIpc) is 2.77. The van der Waals surface area contributed by atoms with E-state index in [0.29, 0.717) is 12.2 Å². The molecule has 1 aromatic carbocycles. The molecule has 2 N–H and O–H groups in total. The fourth-order valence-corrected chi connectivity index (χ4v) is 4.15. The summed E-state index contributed by atoms with van der Waals surface area (Å²) in [6.07, 6.45) is 3.61. The van der Waals surface area contributed by atoms with Gasteiger partial charge in [-0.3, -0.25) is 4.79 Å². The van der Waals surface area contributed by atoms with Crippen LogP contribution in [0.3, 0.4) is 0 Å². The quantitative estimate of drug-likeness (QED) is 0.764. The first-order valence-corrected chi connectivity index (χ1v) is 8.50. The van der Waals surface area contributed by atoms with Gasteiger partial charge in [-0.25, -0.2) is 8.42 Å². The van der Waals surface area contributed by atoms with Gasteiger partial charge in [0.2, 0.25) is 10.0 Å². The van der Waals surface area contributed by atoms with Crippen molar-refractivity contribution in [2.45, 2.75) is 17.4 Å². The molecule has 0 fully saturated rings. The Labute approximate surface area is 134 Å². The van der Waals surface area contributed by atoms with Crippen molar-refractivity contribution in [1.82, 2.24) is 4.31 Å². The molecule has 2 rings (SSSR count). The van der Waals surface area contributed by atoms with Crippen molar-refractivity contribution < 1.29 is 28.2 Å². The second-order valence-corrected chi connectivity index (χ2v) is 7.07. The van der Waals surface area contributed by atoms with Gasteiger partial charge in [0, 0.05) is 19.1 Å². The molecule has 1 aliphatic rings. The molecule has 1 aliphatic heterocycles. The van der Waals surface area contributed by atoms with Gasteiger partial charge < -0.3 is 14.9 Å². The number of ether oxygens (including phenoxy) is 1. The summed E-state index contributed by atoms with van der Waals surface area (Å²) >= 11 is 0. The van der Waals surface area contributed by atoms with Crippen LogP contribution in [-0.4, -0.2) is 55.2 Å². The maximum absolute atomic E-state index is 12.8. The topological polar surface area (TPSA) is 104 Å². The lowest BCUT2D eigenvalue weighted by atomic mass is 9.98. The molecule has 0 radical (unpaired) electrons. The Morgan fingerprint density at radius 2 is 1.96 bits per heavy atom. The second-order valence-electron chi connectivity index (χ2n) is 5.18. The Bertz CT molecular complexity index is 682. The van der Waals surface area contributed by atoms with Gasteiger partial charge in [0.05, 0.1) is 12.0 Å². The Hall–Kier alpha value is -1.90. The lowest BCUT2D eigenvalue weighted by molar-refractivity contribution is -0.143. The number of methoxy groups -OCH3 is 1. The number of nitrogens with zero attached hydrogens (tertiary/aromatic N) is 1. The zero-order valence-electron chi connectivity index (χ0n) is 12.6. The molecule has 0 saturated heterocycles. The van der Waals surface area contributed by atoms with Crippen molar-refractivity contribution in [3.05, 3.63) is 36.4 Å². The molecule has 0 bridgehead atoms. The van der Waals surface area contributed by atoms with E-state index in [9.17, 15) is 23.4 Å². The van der Waals surface area contributed by atoms with Crippen LogP contribution in [-0.2, 0) is 14.8 Å². The molecule has 2 unspecified atom stereocenters. The SMILES string of the molecule is COc1ccc(S(=O)(=O)N2CC=CCC(CO)C2C(=O)O)cc1. The van der Waals surface area contributed by atoms with E-state index in [-0.39, 0.29) is 11.4 Å². The highest BCUT2D eigenvalue weighted by Gasteiger charge is 2.40. The van der Waals surface area contributed by atoms with E-state index in [4.69, 9.17) is 4.74 Å². The van der Waals surface area contributed by atoms with E-state index < -0.39 is 34.6 Å². The first-order chi connectivity index (χ1) is 10.9. The molecule has 2 atom stereocenters. The van der Waals surface area contributed by atoms with Gasteiger partial charge in [-0.15, -0.1) is 0 Å². The maximum Gasteiger partial charge on any atom is 0.322 e. The summed E-state index contributed by atoms with van der Waals surface area (Å²) < 4.78 is 31.6. The van der Waals surface area contributed by atoms with Crippen LogP contribution in [0, 0.1) is 5.92 Å². The van der Waals surface area contributed by atoms with Gasteiger partial charge in [0.25, 0.3) is 0 Å². The van der Waals surface area contributed by atoms with Crippen LogP contribution in [0.4, 0.5) is 0 Å². The second kappa shape index (κ2) is 7.12. The Morgan fingerprint density at radius 3 is 2.48 bits per heavy atom. The number of hydrogen-bond donors (Lipinski definition) is 2. The van der Waals surface area contributed by atoms with Gasteiger partial charge in [-0.1, -0.05) is 12.2 Å². The van der Waals surface area contributed by atoms with E-state index in [1.165, 1.54) is 31.4 Å². The molecular formula is C15H19NO6S. The summed E-state index contributed by atoms with van der Waals surface area (Å²) in [4.78, 5) is 11.6. The summed E-state index contributed by atoms with van der Waals surface area (Å²) in [5.74, 6) is -1.47. The van der Waals surface area contributed by atoms with Crippen LogP contribution in [0.25, 0.3) is 0 Å². The minimum atomic E-state index is -4.01. The molecule has 1 heterocycles. The molecule has 0 aromatic heterocycles. The molecule has 0 spiro atoms. The van der Waals surface area contributed by atoms with Crippen molar-refractivity contribution in [2.24, 2.45) is 5.92 Å². The van der Waals surface area contributed by atoms with E-state index in [1.807, 2.05) is 0 Å². The highest BCUT2D eigenvalue weighted by molar-refractivity contribution is 7.89. The van der Waals surface area contributed by atoms with Gasteiger partial charge in [-0.05, 0) is 30.7 Å². The minimum Gasteiger partial charge on any atom is -0.497 e. The normalized spacial score (nSPS) is 22.5. The molecule has 0 saturated carbocycles. The number of rotatable bonds is 5. The minimum absolute atomic E-state index is 0.0171. The maximum atomic E-state index is 12.8. The molecule has 23 heavy (non-hydrogen) atoms. The zero-order chi connectivity index (χ0) is 17.0. The number of carbonyl (C=O) groups is 1. The molecule has 0 amide bonds. The fraction of sp³-hybridized carbons (Fsp3) is 0.400. The van der Waals surface area contributed by atoms with Crippen molar-refractivity contribution in [1.29, 1.82) is 0 Å². The van der Waals surface area contributed by atoms with Gasteiger partial charge >= 0.3 is 5.97 Å². The van der Waals surface area contributed by atoms with Gasteiger partial charge in [0.15, 0.2) is 0 Å². The van der Waals surface area contributed by atoms with Crippen LogP contribution in [0.15, 0.2) is 41.3 Å². The van der Waals surface area contributed by atoms with E-state index in [0.717, 1.165) is 4.31 Å². The van der Waals surface area contributed by atoms with Crippen LogP contribution >= 0.6 is 0 Å². The molecule has 8 heteroatoms. The van der Waals surface area contributed by atoms with Crippen molar-refractivity contribution in [2.75, 3.05) is 20.3 Å². The molecule has 1 aromatic rings. The Balaban J connectivity index is 2.44. The third-order valence-corrected chi connectivity index (χ3v) is 5.66. The van der Waals surface area contributed by atoms with Crippen molar-refractivity contribution in [3.8, 4) is 5.75 Å². The van der Waals surface area contributed by atoms with Gasteiger partial charge in [0.1, 0.15) is 11.8 Å². The highest BCUT2D eigenvalue weighted by Crippen LogP contribution is 2.27. The summed E-state index contributed by atoms with van der Waals surface area (Å²) in [6, 6.07) is 4.42. The number of allylic oxidation sites excluding steroid dienone is 1. The fourth-order valence-electron chi connectivity index (χ4n) is 2.56. The van der Waals surface area contributed by atoms with Crippen molar-refractivity contribution >= 4 is 16.0 Å². The number of hydrogen-bond acceptors (Lipinski definition) is 5. The Morgan fingerprint density at radius 1 is 1.30 bits per heavy atom. The molecule has 0 aliphatic carbocycles. The molecular weight excluding hydrogens is 322 g/mol. The largest absolute Gasteiger partial charge is 0.497 e. The van der Waals surface area contributed by atoms with Crippen molar-refractivity contribution in [3.63, 3.8) is 0 Å².